The molecule has 0 spiro atoms. The molecule has 0 aromatic heterocycles. The van der Waals surface area contributed by atoms with Crippen LogP contribution in [0.4, 0.5) is 0 Å². The van der Waals surface area contributed by atoms with Crippen molar-refractivity contribution in [3.8, 4) is 0 Å². The molecule has 0 amide bonds. The second-order valence-corrected chi connectivity index (χ2v) is 5.19. The van der Waals surface area contributed by atoms with Crippen molar-refractivity contribution in [3.05, 3.63) is 0 Å². The minimum atomic E-state index is -4.16. The van der Waals surface area contributed by atoms with E-state index in [9.17, 15) is 9.36 Å². The van der Waals surface area contributed by atoms with Crippen molar-refractivity contribution in [1.29, 1.82) is 0 Å². The zero-order chi connectivity index (χ0) is 12.1. The molecule has 15 heavy (non-hydrogen) atoms. The van der Waals surface area contributed by atoms with E-state index in [0.717, 1.165) is 0 Å². The zero-order valence-corrected chi connectivity index (χ0v) is 10.3. The first-order chi connectivity index (χ1) is 6.78. The summed E-state index contributed by atoms with van der Waals surface area (Å²) < 4.78 is 16.1. The molecule has 0 radical (unpaired) electrons. The summed E-state index contributed by atoms with van der Waals surface area (Å²) in [7, 11) is -4.16. The fourth-order valence-electron chi connectivity index (χ4n) is 1.34. The van der Waals surface area contributed by atoms with Crippen molar-refractivity contribution in [1.82, 2.24) is 0 Å². The van der Waals surface area contributed by atoms with Crippen molar-refractivity contribution in [3.63, 3.8) is 0 Å². The highest BCUT2D eigenvalue weighted by molar-refractivity contribution is 7.51. The summed E-state index contributed by atoms with van der Waals surface area (Å²) in [4.78, 5) is 29.0. The Labute approximate surface area is 90.0 Å². The molecule has 0 aliphatic heterocycles. The standard InChI is InChI=1S/C9H19O5P/c1-4-8(10)14-9(5-2,6-3)7-15(11,12)13/h4-7H2,1-3H3,(H2,11,12,13). The number of hydrogen-bond acceptors (Lipinski definition) is 3. The van der Waals surface area contributed by atoms with Crippen LogP contribution in [0.25, 0.3) is 0 Å². The first kappa shape index (κ1) is 14.6. The predicted octanol–water partition coefficient (Wildman–Crippen LogP) is 1.68. The van der Waals surface area contributed by atoms with Crippen molar-refractivity contribution in [2.45, 2.75) is 45.6 Å². The van der Waals surface area contributed by atoms with Crippen molar-refractivity contribution in [2.24, 2.45) is 0 Å². The van der Waals surface area contributed by atoms with Crippen LogP contribution >= 0.6 is 7.60 Å². The van der Waals surface area contributed by atoms with Gasteiger partial charge in [0, 0.05) is 6.42 Å². The van der Waals surface area contributed by atoms with Crippen LogP contribution in [0, 0.1) is 0 Å². The summed E-state index contributed by atoms with van der Waals surface area (Å²) in [6, 6.07) is 0. The molecule has 0 rings (SSSR count). The van der Waals surface area contributed by atoms with Crippen LogP contribution in [0.3, 0.4) is 0 Å². The second kappa shape index (κ2) is 5.64. The topological polar surface area (TPSA) is 83.8 Å². The molecule has 0 saturated carbocycles. The van der Waals surface area contributed by atoms with Gasteiger partial charge >= 0.3 is 13.6 Å². The highest BCUT2D eigenvalue weighted by Gasteiger charge is 2.37. The fourth-order valence-corrected chi connectivity index (χ4v) is 2.60. The Morgan fingerprint density at radius 2 is 1.73 bits per heavy atom. The number of carbonyl (C=O) groups excluding carboxylic acids is 1. The van der Waals surface area contributed by atoms with E-state index < -0.39 is 25.3 Å². The average molecular weight is 238 g/mol. The van der Waals surface area contributed by atoms with Gasteiger partial charge in [0.15, 0.2) is 0 Å². The van der Waals surface area contributed by atoms with Crippen molar-refractivity contribution < 1.29 is 23.9 Å². The molecule has 0 aromatic rings. The van der Waals surface area contributed by atoms with Crippen LogP contribution in [-0.2, 0) is 14.1 Å². The van der Waals surface area contributed by atoms with Crippen LogP contribution in [0.2, 0.25) is 0 Å². The largest absolute Gasteiger partial charge is 0.458 e. The lowest BCUT2D eigenvalue weighted by Crippen LogP contribution is -2.37. The van der Waals surface area contributed by atoms with E-state index in [0.29, 0.717) is 12.8 Å². The van der Waals surface area contributed by atoms with E-state index >= 15 is 0 Å². The third kappa shape index (κ3) is 5.30. The first-order valence-electron chi connectivity index (χ1n) is 5.05. The molecular formula is C9H19O5P. The van der Waals surface area contributed by atoms with E-state index in [4.69, 9.17) is 14.5 Å². The molecule has 0 aromatic carbocycles. The molecule has 0 unspecified atom stereocenters. The highest BCUT2D eigenvalue weighted by Crippen LogP contribution is 2.42. The smallest absolute Gasteiger partial charge is 0.329 e. The van der Waals surface area contributed by atoms with E-state index in [2.05, 4.69) is 0 Å². The summed E-state index contributed by atoms with van der Waals surface area (Å²) in [5.74, 6) is -0.424. The lowest BCUT2D eigenvalue weighted by molar-refractivity contribution is -0.158. The van der Waals surface area contributed by atoms with Crippen molar-refractivity contribution >= 4 is 13.6 Å². The quantitative estimate of drug-likeness (QED) is 0.543. The lowest BCUT2D eigenvalue weighted by atomic mass is 10.00. The molecule has 5 nitrogen and oxygen atoms in total. The van der Waals surface area contributed by atoms with Gasteiger partial charge in [0.2, 0.25) is 0 Å². The maximum Gasteiger partial charge on any atom is 0.329 e. The van der Waals surface area contributed by atoms with Crippen molar-refractivity contribution in [2.75, 3.05) is 6.16 Å². The molecular weight excluding hydrogens is 219 g/mol. The van der Waals surface area contributed by atoms with Crippen LogP contribution in [0.15, 0.2) is 0 Å². The second-order valence-electron chi connectivity index (χ2n) is 3.54. The zero-order valence-electron chi connectivity index (χ0n) is 9.39. The van der Waals surface area contributed by atoms with E-state index in [1.165, 1.54) is 0 Å². The number of ether oxygens (including phenoxy) is 1. The normalized spacial score (nSPS) is 12.6. The average Bonchev–Trinajstić information content (AvgIpc) is 2.14. The number of hydrogen-bond donors (Lipinski definition) is 2. The number of carbonyl (C=O) groups is 1. The van der Waals surface area contributed by atoms with Gasteiger partial charge in [-0.2, -0.15) is 0 Å². The Hall–Kier alpha value is -0.380. The van der Waals surface area contributed by atoms with Gasteiger partial charge < -0.3 is 14.5 Å². The highest BCUT2D eigenvalue weighted by atomic mass is 31.2. The summed E-state index contributed by atoms with van der Waals surface area (Å²) >= 11 is 0. The third-order valence-electron chi connectivity index (χ3n) is 2.40. The van der Waals surface area contributed by atoms with Gasteiger partial charge in [-0.1, -0.05) is 20.8 Å². The van der Waals surface area contributed by atoms with Gasteiger partial charge in [-0.25, -0.2) is 0 Å². The molecule has 0 atom stereocenters. The van der Waals surface area contributed by atoms with Gasteiger partial charge in [-0.3, -0.25) is 9.36 Å². The van der Waals surface area contributed by atoms with Gasteiger partial charge in [0.25, 0.3) is 0 Å². The van der Waals surface area contributed by atoms with Crippen LogP contribution in [0.1, 0.15) is 40.0 Å². The van der Waals surface area contributed by atoms with E-state index in [-0.39, 0.29) is 6.42 Å². The molecule has 0 aliphatic rings. The maximum absolute atomic E-state index is 11.2. The summed E-state index contributed by atoms with van der Waals surface area (Å²) in [5.41, 5.74) is -1.02. The Balaban J connectivity index is 4.72. The first-order valence-corrected chi connectivity index (χ1v) is 6.84. The Kier molecular flexibility index (Phi) is 5.49. The van der Waals surface area contributed by atoms with Gasteiger partial charge in [0.05, 0.1) is 6.16 Å². The Morgan fingerprint density at radius 3 is 2.00 bits per heavy atom. The molecule has 0 fully saturated rings. The number of rotatable bonds is 6. The molecule has 2 N–H and O–H groups in total. The van der Waals surface area contributed by atoms with Gasteiger partial charge in [0.1, 0.15) is 5.60 Å². The van der Waals surface area contributed by atoms with Gasteiger partial charge in [-0.15, -0.1) is 0 Å². The Bertz CT molecular complexity index is 253. The molecule has 0 aliphatic carbocycles. The molecule has 0 bridgehead atoms. The number of esters is 1. The Morgan fingerprint density at radius 1 is 1.27 bits per heavy atom. The molecule has 90 valence electrons. The molecule has 6 heteroatoms. The SMILES string of the molecule is CCC(=O)OC(CC)(CC)CP(=O)(O)O. The van der Waals surface area contributed by atoms with E-state index in [1.807, 2.05) is 0 Å². The van der Waals surface area contributed by atoms with Crippen LogP contribution < -0.4 is 0 Å². The monoisotopic (exact) mass is 238 g/mol. The minimum absolute atomic E-state index is 0.211. The maximum atomic E-state index is 11.2. The fraction of sp³-hybridized carbons (Fsp3) is 0.889. The predicted molar refractivity (Wildman–Crippen MR) is 56.6 cm³/mol. The minimum Gasteiger partial charge on any atom is -0.458 e. The third-order valence-corrected chi connectivity index (χ3v) is 3.39. The van der Waals surface area contributed by atoms with Gasteiger partial charge in [-0.05, 0) is 12.8 Å². The lowest BCUT2D eigenvalue weighted by Gasteiger charge is -2.31. The van der Waals surface area contributed by atoms with E-state index in [1.54, 1.807) is 20.8 Å². The summed E-state index contributed by atoms with van der Waals surface area (Å²) in [6.07, 6.45) is 0.613. The van der Waals surface area contributed by atoms with Crippen LogP contribution in [-0.4, -0.2) is 27.5 Å². The summed E-state index contributed by atoms with van der Waals surface area (Å²) in [6.45, 7) is 5.15. The van der Waals surface area contributed by atoms with Crippen LogP contribution in [0.5, 0.6) is 0 Å². The summed E-state index contributed by atoms with van der Waals surface area (Å²) in [5, 5.41) is 0. The molecule has 0 saturated heterocycles. The molecule has 0 heterocycles.